The van der Waals surface area contributed by atoms with Gasteiger partial charge in [0, 0.05) is 12.3 Å². The van der Waals surface area contributed by atoms with Crippen molar-refractivity contribution < 1.29 is 23.1 Å². The lowest BCUT2D eigenvalue weighted by atomic mass is 9.78. The summed E-state index contributed by atoms with van der Waals surface area (Å²) in [6, 6.07) is 0. The van der Waals surface area contributed by atoms with Crippen LogP contribution in [0.4, 0.5) is 0 Å². The van der Waals surface area contributed by atoms with E-state index < -0.39 is 15.8 Å². The average Bonchev–Trinajstić information content (AvgIpc) is 3.19. The molecule has 0 radical (unpaired) electrons. The monoisotopic (exact) mass is 400 g/mol. The molecule has 0 saturated carbocycles. The maximum atomic E-state index is 12.6. The first-order chi connectivity index (χ1) is 12.9. The molecule has 1 N–H and O–H groups in total. The maximum Gasteiger partial charge on any atom is 0.303 e. The largest absolute Gasteiger partial charge is 0.481 e. The van der Waals surface area contributed by atoms with Gasteiger partial charge in [0.15, 0.2) is 9.84 Å². The fourth-order valence-corrected chi connectivity index (χ4v) is 6.33. The van der Waals surface area contributed by atoms with Crippen molar-refractivity contribution in [1.82, 2.24) is 0 Å². The van der Waals surface area contributed by atoms with Crippen molar-refractivity contribution in [3.05, 3.63) is 12.2 Å². The summed E-state index contributed by atoms with van der Waals surface area (Å²) in [7, 11) is -3.03. The van der Waals surface area contributed by atoms with Crippen LogP contribution in [-0.4, -0.2) is 43.2 Å². The van der Waals surface area contributed by atoms with Crippen LogP contribution in [0.5, 0.6) is 0 Å². The summed E-state index contributed by atoms with van der Waals surface area (Å²) in [5.41, 5.74) is 0. The summed E-state index contributed by atoms with van der Waals surface area (Å²) < 4.78 is 31.2. The number of hydrogen-bond donors (Lipinski definition) is 1. The number of carboxylic acids is 1. The fourth-order valence-electron chi connectivity index (χ4n) is 4.47. The second kappa shape index (κ2) is 11.2. The molecule has 2 saturated heterocycles. The van der Waals surface area contributed by atoms with Crippen molar-refractivity contribution in [1.29, 1.82) is 0 Å². The lowest BCUT2D eigenvalue weighted by molar-refractivity contribution is -0.137. The molecule has 2 aliphatic heterocycles. The Kier molecular flexibility index (Phi) is 9.30. The molecule has 27 heavy (non-hydrogen) atoms. The van der Waals surface area contributed by atoms with Gasteiger partial charge in [-0.3, -0.25) is 4.79 Å². The minimum absolute atomic E-state index is 0.107. The molecule has 2 aliphatic rings. The number of carboxylic acid groups (broad SMARTS) is 1. The van der Waals surface area contributed by atoms with Crippen molar-refractivity contribution in [2.75, 3.05) is 11.5 Å². The number of hydrogen-bond acceptors (Lipinski definition) is 4. The molecule has 0 aromatic rings. The van der Waals surface area contributed by atoms with Gasteiger partial charge in [0.1, 0.15) is 0 Å². The Balaban J connectivity index is 1.79. The van der Waals surface area contributed by atoms with E-state index in [0.717, 1.165) is 44.9 Å². The normalized spacial score (nSPS) is 27.6. The highest BCUT2D eigenvalue weighted by Crippen LogP contribution is 2.45. The van der Waals surface area contributed by atoms with Crippen LogP contribution in [0.25, 0.3) is 0 Å². The number of ether oxygens (including phenoxy) is 1. The van der Waals surface area contributed by atoms with Gasteiger partial charge in [0.25, 0.3) is 0 Å². The van der Waals surface area contributed by atoms with Gasteiger partial charge < -0.3 is 9.84 Å². The smallest absolute Gasteiger partial charge is 0.303 e. The van der Waals surface area contributed by atoms with Gasteiger partial charge >= 0.3 is 5.97 Å². The van der Waals surface area contributed by atoms with Crippen LogP contribution in [0.1, 0.15) is 77.6 Å². The Morgan fingerprint density at radius 1 is 1.04 bits per heavy atom. The first kappa shape index (κ1) is 22.4. The van der Waals surface area contributed by atoms with E-state index in [1.54, 1.807) is 0 Å². The van der Waals surface area contributed by atoms with Gasteiger partial charge in [0.2, 0.25) is 0 Å². The number of carbonyl (C=O) groups is 1. The third-order valence-corrected chi connectivity index (χ3v) is 7.74. The maximum absolute atomic E-state index is 12.6. The first-order valence-corrected chi connectivity index (χ1v) is 12.5. The Hall–Kier alpha value is -0.880. The Bertz CT molecular complexity index is 583. The van der Waals surface area contributed by atoms with Crippen LogP contribution >= 0.6 is 0 Å². The molecule has 0 unspecified atom stereocenters. The summed E-state index contributed by atoms with van der Waals surface area (Å²) in [6.45, 7) is 2.16. The quantitative estimate of drug-likeness (QED) is 0.346. The van der Waals surface area contributed by atoms with E-state index in [1.165, 1.54) is 12.8 Å². The summed E-state index contributed by atoms with van der Waals surface area (Å²) >= 11 is 0. The molecule has 0 spiro atoms. The van der Waals surface area contributed by atoms with Gasteiger partial charge in [-0.15, -0.1) is 0 Å². The molecule has 6 heteroatoms. The molecule has 2 bridgehead atoms. The van der Waals surface area contributed by atoms with Crippen LogP contribution in [-0.2, 0) is 19.4 Å². The van der Waals surface area contributed by atoms with Crippen LogP contribution in [0.2, 0.25) is 0 Å². The van der Waals surface area contributed by atoms with E-state index in [0.29, 0.717) is 12.2 Å². The molecule has 4 atom stereocenters. The van der Waals surface area contributed by atoms with E-state index >= 15 is 0 Å². The number of allylic oxidation sites excluding steroid dienone is 2. The van der Waals surface area contributed by atoms with Gasteiger partial charge in [-0.1, -0.05) is 44.8 Å². The molecule has 0 aromatic heterocycles. The average molecular weight is 401 g/mol. The van der Waals surface area contributed by atoms with Crippen LogP contribution in [0.15, 0.2) is 12.2 Å². The number of sulfone groups is 1. The summed E-state index contributed by atoms with van der Waals surface area (Å²) in [5, 5.41) is 8.66. The van der Waals surface area contributed by atoms with Crippen molar-refractivity contribution in [2.45, 2.75) is 89.8 Å². The molecule has 0 aliphatic carbocycles. The number of rotatable bonds is 14. The number of aliphatic carboxylic acids is 1. The lowest BCUT2D eigenvalue weighted by Crippen LogP contribution is -2.33. The molecule has 2 heterocycles. The van der Waals surface area contributed by atoms with Gasteiger partial charge in [-0.05, 0) is 44.4 Å². The standard InChI is InChI=1S/C21H36O5S/c1-2-3-4-7-10-15-27(24,25)16-18-17(19-13-14-20(18)26-19)11-8-5-6-9-12-21(22)23/h5,8,17-20H,2-4,6-7,9-16H2,1H3,(H,22,23)/t17-,18-,19-,20+/m1/s1. The zero-order valence-electron chi connectivity index (χ0n) is 16.6. The predicted octanol–water partition coefficient (Wildman–Crippen LogP) is 4.37. The third-order valence-electron chi connectivity index (χ3n) is 5.93. The van der Waals surface area contributed by atoms with E-state index in [2.05, 4.69) is 13.0 Å². The summed E-state index contributed by atoms with van der Waals surface area (Å²) in [5.74, 6) is 0.217. The SMILES string of the molecule is CCCCCCCS(=O)(=O)C[C@@H]1[C@@H](CC=CCCCC(=O)O)[C@H]2CC[C@@H]1O2. The molecule has 2 rings (SSSR count). The first-order valence-electron chi connectivity index (χ1n) is 10.7. The molecular formula is C21H36O5S. The van der Waals surface area contributed by atoms with Gasteiger partial charge in [-0.25, -0.2) is 8.42 Å². The van der Waals surface area contributed by atoms with Crippen molar-refractivity contribution in [2.24, 2.45) is 11.8 Å². The number of fused-ring (bicyclic) bond motifs is 2. The van der Waals surface area contributed by atoms with Crippen molar-refractivity contribution >= 4 is 15.8 Å². The Morgan fingerprint density at radius 3 is 2.44 bits per heavy atom. The minimum atomic E-state index is -3.03. The fraction of sp³-hybridized carbons (Fsp3) is 0.857. The molecule has 156 valence electrons. The van der Waals surface area contributed by atoms with E-state index in [9.17, 15) is 13.2 Å². The summed E-state index contributed by atoms with van der Waals surface area (Å²) in [4.78, 5) is 10.5. The summed E-state index contributed by atoms with van der Waals surface area (Å²) in [6.07, 6.45) is 14.2. The number of unbranched alkanes of at least 4 members (excludes halogenated alkanes) is 5. The molecule has 0 amide bonds. The minimum Gasteiger partial charge on any atom is -0.481 e. The van der Waals surface area contributed by atoms with Crippen LogP contribution in [0, 0.1) is 11.8 Å². The Labute approximate surface area is 164 Å². The van der Waals surface area contributed by atoms with Gasteiger partial charge in [-0.2, -0.15) is 0 Å². The lowest BCUT2D eigenvalue weighted by Gasteiger charge is -2.27. The second-order valence-electron chi connectivity index (χ2n) is 8.14. The van der Waals surface area contributed by atoms with Crippen LogP contribution < -0.4 is 0 Å². The highest BCUT2D eigenvalue weighted by atomic mass is 32.2. The van der Waals surface area contributed by atoms with E-state index in [1.807, 2.05) is 6.08 Å². The zero-order chi connectivity index (χ0) is 19.7. The Morgan fingerprint density at radius 2 is 1.74 bits per heavy atom. The van der Waals surface area contributed by atoms with Crippen LogP contribution in [0.3, 0.4) is 0 Å². The topological polar surface area (TPSA) is 80.7 Å². The van der Waals surface area contributed by atoms with Gasteiger partial charge in [0.05, 0.1) is 23.7 Å². The molecule has 0 aromatic carbocycles. The van der Waals surface area contributed by atoms with Crippen molar-refractivity contribution in [3.8, 4) is 0 Å². The highest BCUT2D eigenvalue weighted by Gasteiger charge is 2.49. The van der Waals surface area contributed by atoms with E-state index in [-0.39, 0.29) is 36.2 Å². The third kappa shape index (κ3) is 7.57. The zero-order valence-corrected chi connectivity index (χ0v) is 17.5. The predicted molar refractivity (Wildman–Crippen MR) is 108 cm³/mol. The second-order valence-corrected chi connectivity index (χ2v) is 10.4. The molecule has 2 fully saturated rings. The molecule has 5 nitrogen and oxygen atoms in total. The van der Waals surface area contributed by atoms with Crippen molar-refractivity contribution in [3.63, 3.8) is 0 Å². The van der Waals surface area contributed by atoms with E-state index in [4.69, 9.17) is 9.84 Å². The highest BCUT2D eigenvalue weighted by molar-refractivity contribution is 7.91. The molecular weight excluding hydrogens is 364 g/mol.